The predicted molar refractivity (Wildman–Crippen MR) is 82.0 cm³/mol. The Bertz CT molecular complexity index is 881. The van der Waals surface area contributed by atoms with Crippen LogP contribution in [-0.2, 0) is 14.1 Å². The third-order valence-electron chi connectivity index (χ3n) is 3.95. The minimum Gasteiger partial charge on any atom is -0.350 e. The zero-order chi connectivity index (χ0) is 16.0. The average molecular weight is 300 g/mol. The van der Waals surface area contributed by atoms with E-state index in [-0.39, 0.29) is 5.91 Å². The van der Waals surface area contributed by atoms with Gasteiger partial charge in [0.1, 0.15) is 6.17 Å². The van der Waals surface area contributed by atoms with E-state index in [0.29, 0.717) is 11.1 Å². The van der Waals surface area contributed by atoms with Crippen LogP contribution >= 0.6 is 0 Å². The summed E-state index contributed by atoms with van der Waals surface area (Å²) in [6.45, 7) is 0. The van der Waals surface area contributed by atoms with E-state index in [1.165, 1.54) is 17.8 Å². The van der Waals surface area contributed by atoms with Crippen molar-refractivity contribution in [1.82, 2.24) is 14.5 Å². The normalized spacial score (nSPS) is 17.1. The highest BCUT2D eigenvalue weighted by Gasteiger charge is 2.31. The lowest BCUT2D eigenvalue weighted by atomic mass is 10.1. The standard InChI is InChI=1S/C15H16N4O3/c1-17-8-10(14(21)19(3)15(17)22)12-16-13(20)9-6-4-5-7-11(9)18(12)2/h4-8,12H,1-3H3,(H,16,20)/t12-/m1/s1. The SMILES string of the molecule is CN1c2ccccc2C(=O)N[C@H]1c1cn(C)c(=O)n(C)c1=O. The number of fused-ring (bicyclic) bond motifs is 1. The van der Waals surface area contributed by atoms with Crippen LogP contribution in [0.4, 0.5) is 5.69 Å². The highest BCUT2D eigenvalue weighted by molar-refractivity contribution is 6.01. The van der Waals surface area contributed by atoms with Crippen molar-refractivity contribution in [2.24, 2.45) is 14.1 Å². The number of amides is 1. The van der Waals surface area contributed by atoms with E-state index in [2.05, 4.69) is 5.32 Å². The summed E-state index contributed by atoms with van der Waals surface area (Å²) >= 11 is 0. The van der Waals surface area contributed by atoms with Crippen molar-refractivity contribution < 1.29 is 4.79 Å². The van der Waals surface area contributed by atoms with Gasteiger partial charge in [-0.1, -0.05) is 12.1 Å². The number of carbonyl (C=O) groups excluding carboxylic acids is 1. The number of rotatable bonds is 1. The Morgan fingerprint density at radius 3 is 2.45 bits per heavy atom. The van der Waals surface area contributed by atoms with Crippen molar-refractivity contribution in [2.75, 3.05) is 11.9 Å². The number of hydrogen-bond donors (Lipinski definition) is 1. The summed E-state index contributed by atoms with van der Waals surface area (Å²) in [5.74, 6) is -0.241. The zero-order valence-electron chi connectivity index (χ0n) is 12.5. The molecule has 2 aromatic rings. The van der Waals surface area contributed by atoms with Gasteiger partial charge in [-0.05, 0) is 12.1 Å². The molecule has 1 aromatic carbocycles. The summed E-state index contributed by atoms with van der Waals surface area (Å²) in [6.07, 6.45) is 0.855. The number of nitrogens with one attached hydrogen (secondary N) is 1. The Morgan fingerprint density at radius 1 is 1.05 bits per heavy atom. The molecule has 2 heterocycles. The van der Waals surface area contributed by atoms with Crippen molar-refractivity contribution in [3.05, 3.63) is 62.4 Å². The fraction of sp³-hybridized carbons (Fsp3) is 0.267. The predicted octanol–water partition coefficient (Wildman–Crippen LogP) is -0.0376. The second kappa shape index (κ2) is 4.87. The number of aromatic nitrogens is 2. The number of hydrogen-bond acceptors (Lipinski definition) is 4. The number of benzene rings is 1. The molecule has 7 heteroatoms. The third-order valence-corrected chi connectivity index (χ3v) is 3.95. The highest BCUT2D eigenvalue weighted by Crippen LogP contribution is 2.29. The van der Waals surface area contributed by atoms with Crippen LogP contribution in [0.25, 0.3) is 0 Å². The molecule has 0 fully saturated rings. The van der Waals surface area contributed by atoms with Crippen LogP contribution in [-0.4, -0.2) is 22.1 Å². The van der Waals surface area contributed by atoms with E-state index in [1.807, 2.05) is 17.0 Å². The fourth-order valence-electron chi connectivity index (χ4n) is 2.72. The van der Waals surface area contributed by atoms with Gasteiger partial charge in [0.05, 0.1) is 16.8 Å². The minimum absolute atomic E-state index is 0.241. The first kappa shape index (κ1) is 14.1. The molecule has 1 N–H and O–H groups in total. The molecule has 1 atom stereocenters. The van der Waals surface area contributed by atoms with Crippen molar-refractivity contribution in [3.8, 4) is 0 Å². The summed E-state index contributed by atoms with van der Waals surface area (Å²) < 4.78 is 2.37. The van der Waals surface area contributed by atoms with Crippen LogP contribution in [0.1, 0.15) is 22.1 Å². The summed E-state index contributed by atoms with van der Waals surface area (Å²) in [4.78, 5) is 38.2. The molecule has 22 heavy (non-hydrogen) atoms. The number of para-hydroxylation sites is 1. The van der Waals surface area contributed by atoms with Crippen LogP contribution in [0.2, 0.25) is 0 Å². The molecule has 7 nitrogen and oxygen atoms in total. The van der Waals surface area contributed by atoms with E-state index >= 15 is 0 Å². The van der Waals surface area contributed by atoms with Gasteiger partial charge in [0.15, 0.2) is 0 Å². The quantitative estimate of drug-likeness (QED) is 0.802. The van der Waals surface area contributed by atoms with Crippen LogP contribution in [0.5, 0.6) is 0 Å². The van der Waals surface area contributed by atoms with Crippen LogP contribution in [0.15, 0.2) is 40.1 Å². The first-order chi connectivity index (χ1) is 10.4. The lowest BCUT2D eigenvalue weighted by Gasteiger charge is -2.36. The second-order valence-electron chi connectivity index (χ2n) is 5.35. The van der Waals surface area contributed by atoms with Gasteiger partial charge in [-0.2, -0.15) is 0 Å². The second-order valence-corrected chi connectivity index (χ2v) is 5.35. The van der Waals surface area contributed by atoms with E-state index < -0.39 is 17.4 Å². The molecule has 0 saturated heterocycles. The largest absolute Gasteiger partial charge is 0.350 e. The van der Waals surface area contributed by atoms with Gasteiger partial charge in [-0.15, -0.1) is 0 Å². The Kier molecular flexibility index (Phi) is 3.13. The third kappa shape index (κ3) is 1.93. The van der Waals surface area contributed by atoms with Crippen molar-refractivity contribution in [2.45, 2.75) is 6.17 Å². The molecule has 0 aliphatic carbocycles. The van der Waals surface area contributed by atoms with Crippen molar-refractivity contribution in [1.29, 1.82) is 0 Å². The topological polar surface area (TPSA) is 76.3 Å². The molecule has 0 saturated carbocycles. The maximum absolute atomic E-state index is 12.4. The summed E-state index contributed by atoms with van der Waals surface area (Å²) in [7, 11) is 4.80. The summed E-state index contributed by atoms with van der Waals surface area (Å²) in [5, 5.41) is 2.81. The molecule has 1 aliphatic rings. The van der Waals surface area contributed by atoms with Gasteiger partial charge in [-0.25, -0.2) is 4.79 Å². The molecule has 3 rings (SSSR count). The molecular weight excluding hydrogens is 284 g/mol. The highest BCUT2D eigenvalue weighted by atomic mass is 16.2. The van der Waals surface area contributed by atoms with E-state index in [0.717, 1.165) is 10.3 Å². The minimum atomic E-state index is -0.618. The number of carbonyl (C=O) groups is 1. The van der Waals surface area contributed by atoms with Crippen LogP contribution < -0.4 is 21.5 Å². The first-order valence-corrected chi connectivity index (χ1v) is 6.81. The molecule has 0 radical (unpaired) electrons. The Balaban J connectivity index is 2.18. The maximum Gasteiger partial charge on any atom is 0.330 e. The Morgan fingerprint density at radius 2 is 1.73 bits per heavy atom. The number of aryl methyl sites for hydroxylation is 1. The van der Waals surface area contributed by atoms with Gasteiger partial charge in [0.25, 0.3) is 11.5 Å². The molecule has 114 valence electrons. The van der Waals surface area contributed by atoms with E-state index in [1.54, 1.807) is 26.2 Å². The molecule has 1 aromatic heterocycles. The van der Waals surface area contributed by atoms with Crippen LogP contribution in [0.3, 0.4) is 0 Å². The van der Waals surface area contributed by atoms with Gasteiger partial charge in [-0.3, -0.25) is 14.2 Å². The molecular formula is C15H16N4O3. The fourth-order valence-corrected chi connectivity index (χ4v) is 2.72. The van der Waals surface area contributed by atoms with E-state index in [9.17, 15) is 14.4 Å². The van der Waals surface area contributed by atoms with Crippen LogP contribution in [0, 0.1) is 0 Å². The Labute approximate surface area is 126 Å². The number of anilines is 1. The monoisotopic (exact) mass is 300 g/mol. The maximum atomic E-state index is 12.4. The molecule has 1 amide bonds. The van der Waals surface area contributed by atoms with Gasteiger partial charge in [0.2, 0.25) is 0 Å². The van der Waals surface area contributed by atoms with Gasteiger partial charge < -0.3 is 14.8 Å². The first-order valence-electron chi connectivity index (χ1n) is 6.81. The average Bonchev–Trinajstić information content (AvgIpc) is 2.52. The van der Waals surface area contributed by atoms with E-state index in [4.69, 9.17) is 0 Å². The lowest BCUT2D eigenvalue weighted by Crippen LogP contribution is -2.49. The van der Waals surface area contributed by atoms with Gasteiger partial charge in [0, 0.05) is 27.3 Å². The lowest BCUT2D eigenvalue weighted by molar-refractivity contribution is 0.0927. The smallest absolute Gasteiger partial charge is 0.330 e. The summed E-state index contributed by atoms with van der Waals surface area (Å²) in [6, 6.07) is 7.19. The number of nitrogens with zero attached hydrogens (tertiary/aromatic N) is 3. The Hall–Kier alpha value is -2.83. The zero-order valence-corrected chi connectivity index (χ0v) is 12.5. The molecule has 0 spiro atoms. The molecule has 0 bridgehead atoms. The molecule has 1 aliphatic heterocycles. The molecule has 0 unspecified atom stereocenters. The van der Waals surface area contributed by atoms with Crippen molar-refractivity contribution >= 4 is 11.6 Å². The summed E-state index contributed by atoms with van der Waals surface area (Å²) in [5.41, 5.74) is 0.823. The van der Waals surface area contributed by atoms with Crippen molar-refractivity contribution in [3.63, 3.8) is 0 Å². The van der Waals surface area contributed by atoms with Gasteiger partial charge >= 0.3 is 5.69 Å².